The number of carbonyl (C=O) groups is 1. The lowest BCUT2D eigenvalue weighted by molar-refractivity contribution is -0.116. The molecular weight excluding hydrogens is 381 g/mol. The summed E-state index contributed by atoms with van der Waals surface area (Å²) in [7, 11) is 0. The Labute approximate surface area is 164 Å². The van der Waals surface area contributed by atoms with Gasteiger partial charge in [-0.05, 0) is 36.8 Å². The molecule has 140 valence electrons. The number of aromatic amines is 1. The number of amides is 1. The Morgan fingerprint density at radius 2 is 2.07 bits per heavy atom. The van der Waals surface area contributed by atoms with Crippen molar-refractivity contribution in [3.05, 3.63) is 70.1 Å². The number of anilines is 1. The summed E-state index contributed by atoms with van der Waals surface area (Å²) < 4.78 is 15.1. The van der Waals surface area contributed by atoms with Crippen molar-refractivity contribution in [2.75, 3.05) is 5.32 Å². The fourth-order valence-corrected chi connectivity index (χ4v) is 4.09. The Kier molecular flexibility index (Phi) is 3.73. The zero-order valence-electron chi connectivity index (χ0n) is 14.8. The summed E-state index contributed by atoms with van der Waals surface area (Å²) in [5.74, 6) is 0.184. The topological polar surface area (TPSA) is 75.6 Å². The quantitative estimate of drug-likeness (QED) is 0.530. The number of carbonyl (C=O) groups excluding carboxylic acids is 1. The number of rotatable bonds is 2. The molecule has 0 saturated heterocycles. The number of aromatic nitrogens is 4. The first kappa shape index (κ1) is 16.9. The fraction of sp³-hybridized carbons (Fsp3) is 0.150. The third-order valence-corrected chi connectivity index (χ3v) is 5.35. The van der Waals surface area contributed by atoms with Crippen molar-refractivity contribution in [2.45, 2.75) is 19.3 Å². The largest absolute Gasteiger partial charge is 0.322 e. The predicted molar refractivity (Wildman–Crippen MR) is 104 cm³/mol. The van der Waals surface area contributed by atoms with Gasteiger partial charge >= 0.3 is 0 Å². The molecule has 1 unspecified atom stereocenters. The van der Waals surface area contributed by atoms with Crippen LogP contribution in [-0.2, 0) is 4.79 Å². The first-order valence-electron chi connectivity index (χ1n) is 8.80. The van der Waals surface area contributed by atoms with Gasteiger partial charge in [0.05, 0.1) is 16.7 Å². The number of H-pyrrole nitrogens is 1. The highest BCUT2D eigenvalue weighted by atomic mass is 35.5. The van der Waals surface area contributed by atoms with Gasteiger partial charge in [-0.15, -0.1) is 0 Å². The predicted octanol–water partition coefficient (Wildman–Crippen LogP) is 4.32. The van der Waals surface area contributed by atoms with E-state index in [4.69, 9.17) is 11.6 Å². The first-order valence-corrected chi connectivity index (χ1v) is 9.18. The molecule has 5 rings (SSSR count). The molecule has 6 nitrogen and oxygen atoms in total. The summed E-state index contributed by atoms with van der Waals surface area (Å²) in [6.07, 6.45) is 0.213. The molecule has 4 aromatic rings. The molecule has 2 N–H and O–H groups in total. The molecular formula is C20H15ClFN5O. The van der Waals surface area contributed by atoms with E-state index in [1.165, 1.54) is 12.1 Å². The Bertz CT molecular complexity index is 1210. The highest BCUT2D eigenvalue weighted by Crippen LogP contribution is 2.42. The summed E-state index contributed by atoms with van der Waals surface area (Å²) in [6.45, 7) is 1.87. The normalized spacial score (nSPS) is 16.2. The van der Waals surface area contributed by atoms with Crippen LogP contribution in [-0.4, -0.2) is 25.7 Å². The first-order chi connectivity index (χ1) is 13.5. The number of hydrogen-bond acceptors (Lipinski definition) is 3. The summed E-state index contributed by atoms with van der Waals surface area (Å²) in [4.78, 5) is 20.3. The van der Waals surface area contributed by atoms with Gasteiger partial charge in [0.1, 0.15) is 11.6 Å². The summed E-state index contributed by atoms with van der Waals surface area (Å²) >= 11 is 6.29. The zero-order chi connectivity index (χ0) is 19.4. The number of hydrogen-bond donors (Lipinski definition) is 2. The molecule has 0 spiro atoms. The lowest BCUT2D eigenvalue weighted by atomic mass is 9.86. The second-order valence-corrected chi connectivity index (χ2v) is 7.21. The van der Waals surface area contributed by atoms with Gasteiger partial charge in [-0.3, -0.25) is 4.79 Å². The molecule has 1 aliphatic heterocycles. The minimum absolute atomic E-state index is 0.157. The summed E-state index contributed by atoms with van der Waals surface area (Å²) in [5, 5.41) is 7.81. The smallest absolute Gasteiger partial charge is 0.231 e. The van der Waals surface area contributed by atoms with Crippen LogP contribution in [0.25, 0.3) is 17.0 Å². The number of nitrogens with one attached hydrogen (secondary N) is 2. The number of aryl methyl sites for hydroxylation is 1. The molecule has 2 aromatic heterocycles. The van der Waals surface area contributed by atoms with Crippen LogP contribution in [0.5, 0.6) is 0 Å². The van der Waals surface area contributed by atoms with Gasteiger partial charge in [0, 0.05) is 22.9 Å². The van der Waals surface area contributed by atoms with E-state index in [2.05, 4.69) is 20.4 Å². The molecule has 1 amide bonds. The van der Waals surface area contributed by atoms with Crippen LogP contribution >= 0.6 is 11.6 Å². The van der Waals surface area contributed by atoms with Crippen LogP contribution in [0.2, 0.25) is 5.02 Å². The Balaban J connectivity index is 1.69. The second kappa shape index (κ2) is 6.17. The molecule has 1 aliphatic rings. The number of nitrogens with zero attached hydrogens (tertiary/aromatic N) is 3. The lowest BCUT2D eigenvalue weighted by Crippen LogP contribution is -2.25. The van der Waals surface area contributed by atoms with Crippen molar-refractivity contribution < 1.29 is 9.18 Å². The van der Waals surface area contributed by atoms with Gasteiger partial charge in [-0.1, -0.05) is 29.8 Å². The van der Waals surface area contributed by atoms with Crippen LogP contribution in [0.4, 0.5) is 10.2 Å². The van der Waals surface area contributed by atoms with E-state index in [1.807, 2.05) is 31.2 Å². The standard InChI is InChI=1S/C20H15ClFN5O/c1-10-18-13(12-7-6-11(22)8-14(12)21)9-17(28)25-19(18)27(26-10)20-23-15-4-2-3-5-16(15)24-20/h2-8,13H,9H2,1H3,(H,23,24)(H,25,28). The molecule has 28 heavy (non-hydrogen) atoms. The molecule has 8 heteroatoms. The molecule has 0 saturated carbocycles. The minimum Gasteiger partial charge on any atom is -0.322 e. The van der Waals surface area contributed by atoms with Gasteiger partial charge in [0.15, 0.2) is 0 Å². The Hall–Kier alpha value is -3.19. The molecule has 1 atom stereocenters. The summed E-state index contributed by atoms with van der Waals surface area (Å²) in [6, 6.07) is 11.9. The van der Waals surface area contributed by atoms with Crippen LogP contribution in [0.3, 0.4) is 0 Å². The van der Waals surface area contributed by atoms with Crippen molar-refractivity contribution >= 4 is 34.4 Å². The highest BCUT2D eigenvalue weighted by molar-refractivity contribution is 6.31. The minimum atomic E-state index is -0.413. The molecule has 0 fully saturated rings. The van der Waals surface area contributed by atoms with Crippen molar-refractivity contribution in [3.63, 3.8) is 0 Å². The zero-order valence-corrected chi connectivity index (χ0v) is 15.6. The van der Waals surface area contributed by atoms with E-state index in [-0.39, 0.29) is 18.2 Å². The van der Waals surface area contributed by atoms with Crippen LogP contribution < -0.4 is 5.32 Å². The van der Waals surface area contributed by atoms with E-state index in [1.54, 1.807) is 10.7 Å². The van der Waals surface area contributed by atoms with Gasteiger partial charge in [-0.25, -0.2) is 9.37 Å². The lowest BCUT2D eigenvalue weighted by Gasteiger charge is -2.24. The molecule has 0 aliphatic carbocycles. The fourth-order valence-electron chi connectivity index (χ4n) is 3.79. The van der Waals surface area contributed by atoms with Gasteiger partial charge < -0.3 is 10.3 Å². The third kappa shape index (κ3) is 2.58. The Morgan fingerprint density at radius 1 is 1.25 bits per heavy atom. The van der Waals surface area contributed by atoms with Gasteiger partial charge in [-0.2, -0.15) is 9.78 Å². The van der Waals surface area contributed by atoms with Crippen molar-refractivity contribution in [1.82, 2.24) is 19.7 Å². The van der Waals surface area contributed by atoms with E-state index in [0.717, 1.165) is 22.3 Å². The average molecular weight is 396 g/mol. The van der Waals surface area contributed by atoms with Gasteiger partial charge in [0.2, 0.25) is 11.9 Å². The number of imidazole rings is 1. The highest BCUT2D eigenvalue weighted by Gasteiger charge is 2.34. The number of benzene rings is 2. The Morgan fingerprint density at radius 3 is 2.86 bits per heavy atom. The van der Waals surface area contributed by atoms with E-state index in [0.29, 0.717) is 22.4 Å². The second-order valence-electron chi connectivity index (χ2n) is 6.81. The maximum Gasteiger partial charge on any atom is 0.231 e. The molecule has 2 aromatic carbocycles. The number of halogens is 2. The van der Waals surface area contributed by atoms with Crippen molar-refractivity contribution in [2.24, 2.45) is 0 Å². The van der Waals surface area contributed by atoms with Crippen LogP contribution in [0.1, 0.15) is 29.2 Å². The number of para-hydroxylation sites is 2. The third-order valence-electron chi connectivity index (χ3n) is 5.02. The molecule has 0 bridgehead atoms. The number of fused-ring (bicyclic) bond motifs is 2. The SMILES string of the molecule is Cc1nn(-c2nc3ccccc3[nH]2)c2c1C(c1ccc(F)cc1Cl)CC(=O)N2. The monoisotopic (exact) mass is 395 g/mol. The maximum absolute atomic E-state index is 13.5. The van der Waals surface area contributed by atoms with Crippen LogP contribution in [0.15, 0.2) is 42.5 Å². The van der Waals surface area contributed by atoms with E-state index >= 15 is 0 Å². The van der Waals surface area contributed by atoms with E-state index < -0.39 is 5.82 Å². The average Bonchev–Trinajstić information content (AvgIpc) is 3.22. The summed E-state index contributed by atoms with van der Waals surface area (Å²) in [5.41, 5.74) is 3.99. The maximum atomic E-state index is 13.5. The molecule has 3 heterocycles. The van der Waals surface area contributed by atoms with Gasteiger partial charge in [0.25, 0.3) is 0 Å². The van der Waals surface area contributed by atoms with Crippen molar-refractivity contribution in [1.29, 1.82) is 0 Å². The van der Waals surface area contributed by atoms with Crippen LogP contribution in [0, 0.1) is 12.7 Å². The van der Waals surface area contributed by atoms with Crippen molar-refractivity contribution in [3.8, 4) is 5.95 Å². The van der Waals surface area contributed by atoms with E-state index in [9.17, 15) is 9.18 Å². The molecule has 0 radical (unpaired) electrons.